The number of benzene rings is 1. The first kappa shape index (κ1) is 15.4. The van der Waals surface area contributed by atoms with Crippen LogP contribution in [0.25, 0.3) is 0 Å². The van der Waals surface area contributed by atoms with E-state index in [0.29, 0.717) is 21.8 Å². The lowest BCUT2D eigenvalue weighted by atomic mass is 10.1. The van der Waals surface area contributed by atoms with Crippen molar-refractivity contribution in [2.24, 2.45) is 0 Å². The summed E-state index contributed by atoms with van der Waals surface area (Å²) in [4.78, 5) is 12.4. The first-order chi connectivity index (χ1) is 10.5. The highest BCUT2D eigenvalue weighted by Crippen LogP contribution is 2.38. The molecule has 0 N–H and O–H groups in total. The smallest absolute Gasteiger partial charge is 0.202 e. The fraction of sp³-hybridized carbons (Fsp3) is 0.353. The maximum absolute atomic E-state index is 12.4. The number of ketones is 1. The fourth-order valence-corrected chi connectivity index (χ4v) is 3.12. The third kappa shape index (κ3) is 2.88. The summed E-state index contributed by atoms with van der Waals surface area (Å²) in [5.74, 6) is 0.384. The number of carbonyl (C=O) groups is 1. The summed E-state index contributed by atoms with van der Waals surface area (Å²) in [6, 6.07) is 7.63. The molecule has 116 valence electrons. The third-order valence-corrected chi connectivity index (χ3v) is 4.77. The number of hydrogen-bond acceptors (Lipinski definition) is 2. The number of hydrogen-bond donors (Lipinski definition) is 0. The number of ether oxygens (including phenoxy) is 1. The van der Waals surface area contributed by atoms with Crippen molar-refractivity contribution in [2.45, 2.75) is 32.7 Å². The number of aromatic nitrogens is 1. The van der Waals surface area contributed by atoms with Crippen molar-refractivity contribution >= 4 is 29.0 Å². The number of rotatable bonds is 5. The standard InChI is InChI=1S/C17H17Cl2NO2/c1-10-8-13(11(2)20(10)12-6-7-12)15(21)9-22-16-5-3-4-14(18)17(16)19/h3-5,8,12H,6-7,9H2,1-2H3. The number of halogens is 2. The lowest BCUT2D eigenvalue weighted by molar-refractivity contribution is 0.0921. The summed E-state index contributed by atoms with van der Waals surface area (Å²) < 4.78 is 7.79. The molecule has 1 aromatic heterocycles. The first-order valence-electron chi connectivity index (χ1n) is 7.27. The van der Waals surface area contributed by atoms with Gasteiger partial charge in [0.1, 0.15) is 10.8 Å². The highest BCUT2D eigenvalue weighted by atomic mass is 35.5. The van der Waals surface area contributed by atoms with Crippen molar-refractivity contribution in [1.82, 2.24) is 4.57 Å². The van der Waals surface area contributed by atoms with Crippen LogP contribution >= 0.6 is 23.2 Å². The molecular formula is C17H17Cl2NO2. The predicted molar refractivity (Wildman–Crippen MR) is 88.5 cm³/mol. The zero-order valence-corrected chi connectivity index (χ0v) is 14.0. The van der Waals surface area contributed by atoms with Gasteiger partial charge in [0, 0.05) is 23.0 Å². The van der Waals surface area contributed by atoms with Gasteiger partial charge in [-0.1, -0.05) is 29.3 Å². The summed E-state index contributed by atoms with van der Waals surface area (Å²) >= 11 is 12.0. The molecule has 2 aromatic rings. The minimum absolute atomic E-state index is 0.0453. The summed E-state index contributed by atoms with van der Waals surface area (Å²) in [6.45, 7) is 3.98. The van der Waals surface area contributed by atoms with Gasteiger partial charge in [-0.05, 0) is 44.9 Å². The van der Waals surface area contributed by atoms with E-state index in [-0.39, 0.29) is 12.4 Å². The van der Waals surface area contributed by atoms with Crippen LogP contribution in [0.2, 0.25) is 10.0 Å². The molecule has 1 aliphatic rings. The van der Waals surface area contributed by atoms with Crippen LogP contribution in [0.5, 0.6) is 5.75 Å². The highest BCUT2D eigenvalue weighted by molar-refractivity contribution is 6.42. The Labute approximate surface area is 139 Å². The van der Waals surface area contributed by atoms with Crippen LogP contribution in [-0.2, 0) is 0 Å². The van der Waals surface area contributed by atoms with Gasteiger partial charge in [0.05, 0.1) is 5.02 Å². The Balaban J connectivity index is 1.75. The second-order valence-corrected chi connectivity index (χ2v) is 6.43. The topological polar surface area (TPSA) is 31.2 Å². The lowest BCUT2D eigenvalue weighted by Crippen LogP contribution is -2.13. The van der Waals surface area contributed by atoms with Crippen LogP contribution in [0.15, 0.2) is 24.3 Å². The van der Waals surface area contributed by atoms with Gasteiger partial charge in [-0.3, -0.25) is 4.79 Å². The van der Waals surface area contributed by atoms with Crippen LogP contribution in [-0.4, -0.2) is 17.0 Å². The molecule has 3 nitrogen and oxygen atoms in total. The van der Waals surface area contributed by atoms with Crippen LogP contribution in [0.1, 0.15) is 40.6 Å². The van der Waals surface area contributed by atoms with E-state index in [1.54, 1.807) is 18.2 Å². The Morgan fingerprint density at radius 3 is 2.73 bits per heavy atom. The molecule has 0 bridgehead atoms. The van der Waals surface area contributed by atoms with Crippen molar-refractivity contribution < 1.29 is 9.53 Å². The molecule has 3 rings (SSSR count). The van der Waals surface area contributed by atoms with Gasteiger partial charge in [-0.25, -0.2) is 0 Å². The maximum Gasteiger partial charge on any atom is 0.202 e. The van der Waals surface area contributed by atoms with E-state index in [2.05, 4.69) is 4.57 Å². The Hall–Kier alpha value is -1.45. The van der Waals surface area contributed by atoms with E-state index in [1.807, 2.05) is 19.9 Å². The van der Waals surface area contributed by atoms with Crippen LogP contribution in [0.3, 0.4) is 0 Å². The average Bonchev–Trinajstić information content (AvgIpc) is 3.26. The van der Waals surface area contributed by atoms with Crippen molar-refractivity contribution in [3.63, 3.8) is 0 Å². The molecular weight excluding hydrogens is 321 g/mol. The van der Waals surface area contributed by atoms with Crippen LogP contribution in [0.4, 0.5) is 0 Å². The zero-order valence-electron chi connectivity index (χ0n) is 12.5. The Kier molecular flexibility index (Phi) is 4.20. The summed E-state index contributed by atoms with van der Waals surface area (Å²) in [5.41, 5.74) is 2.87. The fourth-order valence-electron chi connectivity index (χ4n) is 2.77. The highest BCUT2D eigenvalue weighted by Gasteiger charge is 2.28. The van der Waals surface area contributed by atoms with E-state index in [0.717, 1.165) is 17.0 Å². The van der Waals surface area contributed by atoms with E-state index < -0.39 is 0 Å². The maximum atomic E-state index is 12.4. The quantitative estimate of drug-likeness (QED) is 0.718. The first-order valence-corrected chi connectivity index (χ1v) is 8.03. The Bertz CT molecular complexity index is 733. The van der Waals surface area contributed by atoms with Crippen molar-refractivity contribution in [2.75, 3.05) is 6.61 Å². The van der Waals surface area contributed by atoms with Crippen LogP contribution < -0.4 is 4.74 Å². The van der Waals surface area contributed by atoms with Gasteiger partial charge in [0.2, 0.25) is 5.78 Å². The molecule has 1 aromatic carbocycles. The summed E-state index contributed by atoms with van der Waals surface area (Å²) in [7, 11) is 0. The monoisotopic (exact) mass is 337 g/mol. The normalized spacial score (nSPS) is 14.2. The summed E-state index contributed by atoms with van der Waals surface area (Å²) in [5, 5.41) is 0.749. The molecule has 22 heavy (non-hydrogen) atoms. The second-order valence-electron chi connectivity index (χ2n) is 5.65. The number of aryl methyl sites for hydroxylation is 1. The minimum atomic E-state index is -0.0466. The van der Waals surface area contributed by atoms with Gasteiger partial charge in [0.15, 0.2) is 6.61 Å². The molecule has 0 saturated heterocycles. The van der Waals surface area contributed by atoms with Gasteiger partial charge in [0.25, 0.3) is 0 Å². The van der Waals surface area contributed by atoms with Crippen molar-refractivity contribution in [3.8, 4) is 5.75 Å². The van der Waals surface area contributed by atoms with E-state index in [9.17, 15) is 4.79 Å². The summed E-state index contributed by atoms with van der Waals surface area (Å²) in [6.07, 6.45) is 2.39. The lowest BCUT2D eigenvalue weighted by Gasteiger charge is -2.09. The predicted octanol–water partition coefficient (Wildman–Crippen LogP) is 5.01. The molecule has 1 fully saturated rings. The molecule has 1 heterocycles. The van der Waals surface area contributed by atoms with Gasteiger partial charge in [-0.2, -0.15) is 0 Å². The molecule has 1 saturated carbocycles. The Morgan fingerprint density at radius 2 is 2.05 bits per heavy atom. The van der Waals surface area contributed by atoms with Gasteiger partial charge in [-0.15, -0.1) is 0 Å². The van der Waals surface area contributed by atoms with E-state index >= 15 is 0 Å². The molecule has 0 unspecified atom stereocenters. The molecule has 0 spiro atoms. The van der Waals surface area contributed by atoms with Crippen molar-refractivity contribution in [1.29, 1.82) is 0 Å². The van der Waals surface area contributed by atoms with Crippen molar-refractivity contribution in [3.05, 3.63) is 51.3 Å². The number of carbonyl (C=O) groups excluding carboxylic acids is 1. The van der Waals surface area contributed by atoms with E-state index in [4.69, 9.17) is 27.9 Å². The molecule has 5 heteroatoms. The SMILES string of the molecule is Cc1cc(C(=O)COc2cccc(Cl)c2Cl)c(C)n1C1CC1. The Morgan fingerprint density at radius 1 is 1.32 bits per heavy atom. The minimum Gasteiger partial charge on any atom is -0.484 e. The average molecular weight is 338 g/mol. The molecule has 0 radical (unpaired) electrons. The number of nitrogens with zero attached hydrogens (tertiary/aromatic N) is 1. The van der Waals surface area contributed by atoms with Crippen LogP contribution in [0, 0.1) is 13.8 Å². The molecule has 0 aliphatic heterocycles. The largest absolute Gasteiger partial charge is 0.484 e. The molecule has 1 aliphatic carbocycles. The number of Topliss-reactive ketones (excluding diaryl/α,β-unsaturated/α-hetero) is 1. The zero-order chi connectivity index (χ0) is 15.9. The van der Waals surface area contributed by atoms with E-state index in [1.165, 1.54) is 12.8 Å². The molecule has 0 amide bonds. The third-order valence-electron chi connectivity index (χ3n) is 3.97. The molecule has 0 atom stereocenters. The van der Waals surface area contributed by atoms with Gasteiger partial charge >= 0.3 is 0 Å². The second kappa shape index (κ2) is 5.98. The van der Waals surface area contributed by atoms with Gasteiger partial charge < -0.3 is 9.30 Å².